The van der Waals surface area contributed by atoms with Crippen LogP contribution in [0.15, 0.2) is 9.47 Å². The van der Waals surface area contributed by atoms with Gasteiger partial charge < -0.3 is 4.74 Å². The van der Waals surface area contributed by atoms with Crippen LogP contribution in [0.1, 0.15) is 25.0 Å². The van der Waals surface area contributed by atoms with E-state index in [-0.39, 0.29) is 23.6 Å². The van der Waals surface area contributed by atoms with E-state index < -0.39 is 27.5 Å². The van der Waals surface area contributed by atoms with Crippen LogP contribution in [0.4, 0.5) is 13.2 Å². The summed E-state index contributed by atoms with van der Waals surface area (Å²) < 4.78 is 45.6. The highest BCUT2D eigenvalue weighted by molar-refractivity contribution is 9.10. The molecule has 0 saturated heterocycles. The molecule has 1 aromatic carbocycles. The summed E-state index contributed by atoms with van der Waals surface area (Å²) in [6.07, 6.45) is 0. The van der Waals surface area contributed by atoms with Gasteiger partial charge in [-0.3, -0.25) is 0 Å². The Labute approximate surface area is 111 Å². The molecule has 98 valence electrons. The minimum Gasteiger partial charge on any atom is -0.475 e. The zero-order valence-electron chi connectivity index (χ0n) is 10.1. The number of benzene rings is 1. The molecular weight excluding hydrogens is 311 g/mol. The van der Waals surface area contributed by atoms with Crippen molar-refractivity contribution in [1.82, 2.24) is 0 Å². The van der Waals surface area contributed by atoms with Gasteiger partial charge in [-0.05, 0) is 36.7 Å². The SMILES string of the molecule is Cc1c(F)c(F)c(Br)c(F)c1C1=NC(C)(C)CO1. The average Bonchev–Trinajstić information content (AvgIpc) is 2.64. The predicted octanol–water partition coefficient (Wildman–Crippen LogP) is 3.73. The fourth-order valence-electron chi connectivity index (χ4n) is 1.71. The van der Waals surface area contributed by atoms with Gasteiger partial charge in [0.2, 0.25) is 5.90 Å². The van der Waals surface area contributed by atoms with Crippen LogP contribution < -0.4 is 0 Å². The Hall–Kier alpha value is -1.04. The molecule has 0 spiro atoms. The molecule has 2 nitrogen and oxygen atoms in total. The Morgan fingerprint density at radius 2 is 1.78 bits per heavy atom. The molecule has 0 N–H and O–H groups in total. The molecule has 2 rings (SSSR count). The summed E-state index contributed by atoms with van der Waals surface area (Å²) in [6.45, 7) is 5.18. The van der Waals surface area contributed by atoms with Gasteiger partial charge in [-0.2, -0.15) is 0 Å². The minimum absolute atomic E-state index is 0.00889. The molecule has 0 atom stereocenters. The Kier molecular flexibility index (Phi) is 3.17. The van der Waals surface area contributed by atoms with Gasteiger partial charge in [-0.1, -0.05) is 0 Å². The topological polar surface area (TPSA) is 21.6 Å². The lowest BCUT2D eigenvalue weighted by Crippen LogP contribution is -2.17. The molecule has 6 heteroatoms. The van der Waals surface area contributed by atoms with Gasteiger partial charge >= 0.3 is 0 Å². The van der Waals surface area contributed by atoms with Gasteiger partial charge in [-0.15, -0.1) is 0 Å². The van der Waals surface area contributed by atoms with Crippen molar-refractivity contribution in [3.8, 4) is 0 Å². The Bertz CT molecular complexity index is 526. The molecule has 1 heterocycles. The zero-order valence-corrected chi connectivity index (χ0v) is 11.7. The fourth-order valence-corrected chi connectivity index (χ4v) is 2.08. The van der Waals surface area contributed by atoms with Crippen molar-refractivity contribution in [2.45, 2.75) is 26.3 Å². The molecule has 0 saturated carbocycles. The highest BCUT2D eigenvalue weighted by atomic mass is 79.9. The van der Waals surface area contributed by atoms with Gasteiger partial charge in [0, 0.05) is 5.56 Å². The lowest BCUT2D eigenvalue weighted by molar-refractivity contribution is 0.278. The lowest BCUT2D eigenvalue weighted by Gasteiger charge is -2.10. The summed E-state index contributed by atoms with van der Waals surface area (Å²) in [7, 11) is 0. The summed E-state index contributed by atoms with van der Waals surface area (Å²) in [6, 6.07) is 0. The number of aliphatic imine (C=N–C) groups is 1. The summed E-state index contributed by atoms with van der Waals surface area (Å²) in [5, 5.41) is 0. The molecule has 0 radical (unpaired) electrons. The molecule has 0 unspecified atom stereocenters. The van der Waals surface area contributed by atoms with E-state index in [1.807, 2.05) is 13.8 Å². The van der Waals surface area contributed by atoms with E-state index in [0.717, 1.165) is 0 Å². The van der Waals surface area contributed by atoms with Crippen LogP contribution in [-0.2, 0) is 4.74 Å². The van der Waals surface area contributed by atoms with Crippen molar-refractivity contribution in [2.24, 2.45) is 4.99 Å². The molecule has 0 aromatic heterocycles. The van der Waals surface area contributed by atoms with Crippen LogP contribution in [0, 0.1) is 24.4 Å². The number of hydrogen-bond donors (Lipinski definition) is 0. The average molecular weight is 322 g/mol. The Morgan fingerprint density at radius 1 is 1.17 bits per heavy atom. The second-order valence-electron chi connectivity index (χ2n) is 4.77. The standard InChI is InChI=1S/C12H11BrF3NO/c1-5-6(11-17-12(2,3)4-18-11)9(15)7(13)10(16)8(5)14/h4H2,1-3H3. The van der Waals surface area contributed by atoms with Crippen molar-refractivity contribution in [3.63, 3.8) is 0 Å². The molecule has 0 amide bonds. The lowest BCUT2D eigenvalue weighted by atomic mass is 10.1. The van der Waals surface area contributed by atoms with Gasteiger partial charge in [-0.25, -0.2) is 18.2 Å². The van der Waals surface area contributed by atoms with Gasteiger partial charge in [0.15, 0.2) is 17.5 Å². The highest BCUT2D eigenvalue weighted by Crippen LogP contribution is 2.31. The van der Waals surface area contributed by atoms with Gasteiger partial charge in [0.05, 0.1) is 15.6 Å². The van der Waals surface area contributed by atoms with Crippen molar-refractivity contribution in [3.05, 3.63) is 33.1 Å². The third-order valence-corrected chi connectivity index (χ3v) is 3.38. The van der Waals surface area contributed by atoms with E-state index in [4.69, 9.17) is 4.74 Å². The molecular formula is C12H11BrF3NO. The number of halogens is 4. The normalized spacial score (nSPS) is 17.6. The largest absolute Gasteiger partial charge is 0.475 e. The third kappa shape index (κ3) is 2.02. The van der Waals surface area contributed by atoms with Crippen LogP contribution >= 0.6 is 15.9 Å². The van der Waals surface area contributed by atoms with Gasteiger partial charge in [0.1, 0.15) is 6.61 Å². The molecule has 1 aliphatic heterocycles. The first-order valence-electron chi connectivity index (χ1n) is 5.30. The summed E-state index contributed by atoms with van der Waals surface area (Å²) in [5.41, 5.74) is -0.776. The van der Waals surface area contributed by atoms with E-state index in [1.165, 1.54) is 6.92 Å². The molecule has 1 aliphatic rings. The van der Waals surface area contributed by atoms with E-state index in [0.29, 0.717) is 0 Å². The van der Waals surface area contributed by atoms with Crippen molar-refractivity contribution in [2.75, 3.05) is 6.61 Å². The zero-order chi connectivity index (χ0) is 13.7. The summed E-state index contributed by atoms with van der Waals surface area (Å²) in [5.74, 6) is -3.24. The van der Waals surface area contributed by atoms with Crippen LogP contribution in [0.25, 0.3) is 0 Å². The van der Waals surface area contributed by atoms with Crippen LogP contribution in [0.5, 0.6) is 0 Å². The van der Waals surface area contributed by atoms with E-state index in [9.17, 15) is 13.2 Å². The second kappa shape index (κ2) is 4.26. The summed E-state index contributed by atoms with van der Waals surface area (Å²) in [4.78, 5) is 4.17. The van der Waals surface area contributed by atoms with Gasteiger partial charge in [0.25, 0.3) is 0 Å². The van der Waals surface area contributed by atoms with Crippen molar-refractivity contribution in [1.29, 1.82) is 0 Å². The van der Waals surface area contributed by atoms with E-state index in [2.05, 4.69) is 20.9 Å². The third-order valence-electron chi connectivity index (χ3n) is 2.68. The van der Waals surface area contributed by atoms with E-state index >= 15 is 0 Å². The Balaban J connectivity index is 2.67. The van der Waals surface area contributed by atoms with E-state index in [1.54, 1.807) is 0 Å². The molecule has 0 fully saturated rings. The fraction of sp³-hybridized carbons (Fsp3) is 0.417. The quantitative estimate of drug-likeness (QED) is 0.570. The summed E-state index contributed by atoms with van der Waals surface area (Å²) >= 11 is 2.69. The highest BCUT2D eigenvalue weighted by Gasteiger charge is 2.32. The number of ether oxygens (including phenoxy) is 1. The van der Waals surface area contributed by atoms with Crippen LogP contribution in [-0.4, -0.2) is 18.0 Å². The van der Waals surface area contributed by atoms with Crippen LogP contribution in [0.2, 0.25) is 0 Å². The maximum atomic E-state index is 14.0. The first-order valence-corrected chi connectivity index (χ1v) is 6.09. The minimum atomic E-state index is -1.24. The molecule has 18 heavy (non-hydrogen) atoms. The monoisotopic (exact) mass is 321 g/mol. The van der Waals surface area contributed by atoms with Crippen molar-refractivity contribution < 1.29 is 17.9 Å². The molecule has 1 aromatic rings. The predicted molar refractivity (Wildman–Crippen MR) is 65.3 cm³/mol. The number of nitrogens with zero attached hydrogens (tertiary/aromatic N) is 1. The Morgan fingerprint density at radius 3 is 2.28 bits per heavy atom. The first kappa shape index (κ1) is 13.4. The van der Waals surface area contributed by atoms with Crippen molar-refractivity contribution >= 4 is 21.8 Å². The maximum Gasteiger partial charge on any atom is 0.220 e. The molecule has 0 bridgehead atoms. The second-order valence-corrected chi connectivity index (χ2v) is 5.57. The van der Waals surface area contributed by atoms with Crippen LogP contribution in [0.3, 0.4) is 0 Å². The first-order chi connectivity index (χ1) is 8.24. The number of rotatable bonds is 1. The number of hydrogen-bond acceptors (Lipinski definition) is 2. The maximum absolute atomic E-state index is 14.0. The molecule has 0 aliphatic carbocycles. The smallest absolute Gasteiger partial charge is 0.220 e.